The van der Waals surface area contributed by atoms with Crippen LogP contribution in [0.15, 0.2) is 48.5 Å². The summed E-state index contributed by atoms with van der Waals surface area (Å²) in [5, 5.41) is 5.47. The van der Waals surface area contributed by atoms with E-state index in [2.05, 4.69) is 29.7 Å². The summed E-state index contributed by atoms with van der Waals surface area (Å²) in [6, 6.07) is 15.5. The van der Waals surface area contributed by atoms with Crippen LogP contribution >= 0.6 is 0 Å². The zero-order valence-corrected chi connectivity index (χ0v) is 15.2. The van der Waals surface area contributed by atoms with Gasteiger partial charge in [0.25, 0.3) is 0 Å². The van der Waals surface area contributed by atoms with E-state index in [-0.39, 0.29) is 24.4 Å². The largest absolute Gasteiger partial charge is 0.359 e. The van der Waals surface area contributed by atoms with Gasteiger partial charge in [0, 0.05) is 32.2 Å². The van der Waals surface area contributed by atoms with Gasteiger partial charge in [-0.25, -0.2) is 4.79 Å². The maximum absolute atomic E-state index is 12.4. The number of amides is 3. The quantitative estimate of drug-likeness (QED) is 0.873. The van der Waals surface area contributed by atoms with Crippen LogP contribution in [0.25, 0.3) is 11.1 Å². The van der Waals surface area contributed by atoms with Gasteiger partial charge in [0.15, 0.2) is 0 Å². The van der Waals surface area contributed by atoms with Gasteiger partial charge >= 0.3 is 6.03 Å². The molecule has 0 aliphatic heterocycles. The zero-order valence-electron chi connectivity index (χ0n) is 15.2. The Balaban J connectivity index is 2.08. The molecule has 0 unspecified atom stereocenters. The average molecular weight is 339 g/mol. The number of hydrogen-bond donors (Lipinski definition) is 2. The molecule has 2 N–H and O–H groups in total. The Morgan fingerprint density at radius 2 is 1.72 bits per heavy atom. The number of nitrogens with one attached hydrogen (secondary N) is 2. The third-order valence-corrected chi connectivity index (χ3v) is 4.21. The summed E-state index contributed by atoms with van der Waals surface area (Å²) in [5.74, 6) is -0.0893. The van der Waals surface area contributed by atoms with Crippen LogP contribution in [-0.2, 0) is 4.79 Å². The van der Waals surface area contributed by atoms with E-state index in [0.717, 1.165) is 16.8 Å². The Morgan fingerprint density at radius 3 is 2.36 bits per heavy atom. The second-order valence-corrected chi connectivity index (χ2v) is 6.22. The number of nitrogens with zero attached hydrogens (tertiary/aromatic N) is 1. The molecule has 0 aliphatic carbocycles. The van der Waals surface area contributed by atoms with E-state index < -0.39 is 0 Å². The highest BCUT2D eigenvalue weighted by atomic mass is 16.2. The first-order chi connectivity index (χ1) is 11.9. The number of anilines is 1. The highest BCUT2D eigenvalue weighted by Crippen LogP contribution is 2.23. The summed E-state index contributed by atoms with van der Waals surface area (Å²) in [6.07, 6.45) is 0.268. The van der Waals surface area contributed by atoms with Crippen molar-refractivity contribution in [3.05, 3.63) is 54.1 Å². The summed E-state index contributed by atoms with van der Waals surface area (Å²) in [7, 11) is 3.28. The van der Waals surface area contributed by atoms with Gasteiger partial charge in [-0.1, -0.05) is 42.0 Å². The molecule has 1 atom stereocenters. The lowest BCUT2D eigenvalue weighted by Crippen LogP contribution is -2.40. The SMILES string of the molecule is CNC(=O)C[C@@H](C)N(C)C(=O)Nc1cccc(-c2cccc(C)c2)c1. The minimum atomic E-state index is -0.238. The fraction of sp³-hybridized carbons (Fsp3) is 0.300. The number of hydrogen-bond acceptors (Lipinski definition) is 2. The lowest BCUT2D eigenvalue weighted by atomic mass is 10.0. The first-order valence-electron chi connectivity index (χ1n) is 8.32. The molecule has 0 saturated heterocycles. The molecule has 5 nitrogen and oxygen atoms in total. The Labute approximate surface area is 149 Å². The average Bonchev–Trinajstić information content (AvgIpc) is 2.61. The van der Waals surface area contributed by atoms with Crippen LogP contribution < -0.4 is 10.6 Å². The zero-order chi connectivity index (χ0) is 18.4. The van der Waals surface area contributed by atoms with Crippen molar-refractivity contribution in [3.63, 3.8) is 0 Å². The first-order valence-corrected chi connectivity index (χ1v) is 8.32. The molecule has 0 aliphatic rings. The number of carbonyl (C=O) groups excluding carboxylic acids is 2. The molecule has 0 radical (unpaired) electrons. The molecule has 132 valence electrons. The van der Waals surface area contributed by atoms with E-state index in [0.29, 0.717) is 0 Å². The topological polar surface area (TPSA) is 61.4 Å². The number of rotatable bonds is 5. The Bertz CT molecular complexity index is 758. The summed E-state index contributed by atoms with van der Waals surface area (Å²) >= 11 is 0. The Kier molecular flexibility index (Phi) is 6.17. The Hall–Kier alpha value is -2.82. The van der Waals surface area contributed by atoms with E-state index >= 15 is 0 Å². The van der Waals surface area contributed by atoms with Gasteiger partial charge in [-0.05, 0) is 37.1 Å². The van der Waals surface area contributed by atoms with E-state index in [9.17, 15) is 9.59 Å². The van der Waals surface area contributed by atoms with Crippen molar-refractivity contribution in [2.75, 3.05) is 19.4 Å². The maximum atomic E-state index is 12.4. The van der Waals surface area contributed by atoms with E-state index in [1.165, 1.54) is 10.5 Å². The smallest absolute Gasteiger partial charge is 0.321 e. The third kappa shape index (κ3) is 5.08. The molecular formula is C20H25N3O2. The minimum Gasteiger partial charge on any atom is -0.359 e. The molecule has 0 heterocycles. The molecule has 0 aromatic heterocycles. The molecule has 0 bridgehead atoms. The minimum absolute atomic E-state index is 0.0893. The van der Waals surface area contributed by atoms with Crippen molar-refractivity contribution in [1.82, 2.24) is 10.2 Å². The van der Waals surface area contributed by atoms with E-state index in [1.54, 1.807) is 14.1 Å². The number of benzene rings is 2. The van der Waals surface area contributed by atoms with Crippen molar-refractivity contribution in [2.45, 2.75) is 26.3 Å². The Morgan fingerprint density at radius 1 is 1.08 bits per heavy atom. The molecule has 25 heavy (non-hydrogen) atoms. The standard InChI is InChI=1S/C20H25N3O2/c1-14-7-5-8-16(11-14)17-9-6-10-18(13-17)22-20(25)23(4)15(2)12-19(24)21-3/h5-11,13,15H,12H2,1-4H3,(H,21,24)(H,22,25)/t15-/m1/s1. The molecule has 3 amide bonds. The summed E-state index contributed by atoms with van der Waals surface area (Å²) in [4.78, 5) is 25.4. The number of carbonyl (C=O) groups is 2. The normalized spacial score (nSPS) is 11.5. The van der Waals surface area contributed by atoms with E-state index in [4.69, 9.17) is 0 Å². The number of urea groups is 1. The highest BCUT2D eigenvalue weighted by Gasteiger charge is 2.18. The molecule has 5 heteroatoms. The monoisotopic (exact) mass is 339 g/mol. The van der Waals surface area contributed by atoms with Gasteiger partial charge in [-0.2, -0.15) is 0 Å². The van der Waals surface area contributed by atoms with Gasteiger partial charge in [-0.3, -0.25) is 4.79 Å². The first kappa shape index (κ1) is 18.5. The molecule has 2 rings (SSSR count). The van der Waals surface area contributed by atoms with Gasteiger partial charge in [0.2, 0.25) is 5.91 Å². The summed E-state index contributed by atoms with van der Waals surface area (Å²) in [6.45, 7) is 3.90. The fourth-order valence-electron chi connectivity index (χ4n) is 2.52. The summed E-state index contributed by atoms with van der Waals surface area (Å²) in [5.41, 5.74) is 4.07. The number of aryl methyl sites for hydroxylation is 1. The molecule has 0 fully saturated rings. The lowest BCUT2D eigenvalue weighted by molar-refractivity contribution is -0.121. The summed E-state index contributed by atoms with van der Waals surface area (Å²) < 4.78 is 0. The molecular weight excluding hydrogens is 314 g/mol. The molecule has 2 aromatic rings. The van der Waals surface area contributed by atoms with Crippen molar-refractivity contribution < 1.29 is 9.59 Å². The van der Waals surface area contributed by atoms with E-state index in [1.807, 2.05) is 43.3 Å². The van der Waals surface area contributed by atoms with Gasteiger partial charge < -0.3 is 15.5 Å². The molecule has 2 aromatic carbocycles. The second kappa shape index (κ2) is 8.33. The van der Waals surface area contributed by atoms with Crippen molar-refractivity contribution in [1.29, 1.82) is 0 Å². The van der Waals surface area contributed by atoms with Crippen molar-refractivity contribution in [2.24, 2.45) is 0 Å². The third-order valence-electron chi connectivity index (χ3n) is 4.21. The van der Waals surface area contributed by atoms with Crippen LogP contribution in [0.4, 0.5) is 10.5 Å². The van der Waals surface area contributed by atoms with Crippen LogP contribution in [0.5, 0.6) is 0 Å². The van der Waals surface area contributed by atoms with Crippen molar-refractivity contribution >= 4 is 17.6 Å². The second-order valence-electron chi connectivity index (χ2n) is 6.22. The lowest BCUT2D eigenvalue weighted by Gasteiger charge is -2.24. The van der Waals surface area contributed by atoms with Gasteiger partial charge in [0.05, 0.1) is 0 Å². The van der Waals surface area contributed by atoms with Crippen LogP contribution in [0.3, 0.4) is 0 Å². The van der Waals surface area contributed by atoms with Crippen LogP contribution in [-0.4, -0.2) is 37.0 Å². The highest BCUT2D eigenvalue weighted by molar-refractivity contribution is 5.90. The molecule has 0 saturated carbocycles. The maximum Gasteiger partial charge on any atom is 0.321 e. The fourth-order valence-corrected chi connectivity index (χ4v) is 2.52. The van der Waals surface area contributed by atoms with Crippen LogP contribution in [0.2, 0.25) is 0 Å². The molecule has 0 spiro atoms. The van der Waals surface area contributed by atoms with Gasteiger partial charge in [0.1, 0.15) is 0 Å². The predicted octanol–water partition coefficient (Wildman–Crippen LogP) is 3.65. The predicted molar refractivity (Wildman–Crippen MR) is 102 cm³/mol. The van der Waals surface area contributed by atoms with Crippen LogP contribution in [0, 0.1) is 6.92 Å². The van der Waals surface area contributed by atoms with Gasteiger partial charge in [-0.15, -0.1) is 0 Å². The van der Waals surface area contributed by atoms with Crippen LogP contribution in [0.1, 0.15) is 18.9 Å². The van der Waals surface area contributed by atoms with Crippen molar-refractivity contribution in [3.8, 4) is 11.1 Å².